The van der Waals surface area contributed by atoms with Crippen LogP contribution >= 0.6 is 0 Å². The molecular formula is C14H14N4O5. The third-order valence-corrected chi connectivity index (χ3v) is 3.14. The molecule has 2 N–H and O–H groups in total. The summed E-state index contributed by atoms with van der Waals surface area (Å²) in [5.74, 6) is -0.396. The minimum Gasteiger partial charge on any atom is -0.457 e. The first-order valence-corrected chi connectivity index (χ1v) is 6.82. The van der Waals surface area contributed by atoms with Gasteiger partial charge in [-0.3, -0.25) is 9.55 Å². The summed E-state index contributed by atoms with van der Waals surface area (Å²) >= 11 is 0. The number of hydrogen-bond donors (Lipinski definition) is 1. The molecule has 1 fully saturated rings. The molecule has 0 aliphatic carbocycles. The van der Waals surface area contributed by atoms with Crippen molar-refractivity contribution in [3.8, 4) is 0 Å². The zero-order valence-corrected chi connectivity index (χ0v) is 12.0. The Balaban J connectivity index is 1.56. The Hall–Kier alpha value is -2.78. The first-order valence-electron chi connectivity index (χ1n) is 6.82. The molecule has 2 aromatic heterocycles. The molecule has 1 saturated heterocycles. The first-order chi connectivity index (χ1) is 11.1. The third-order valence-electron chi connectivity index (χ3n) is 3.14. The van der Waals surface area contributed by atoms with E-state index in [1.54, 1.807) is 18.3 Å². The van der Waals surface area contributed by atoms with Crippen molar-refractivity contribution in [2.45, 2.75) is 12.5 Å². The van der Waals surface area contributed by atoms with Crippen LogP contribution in [-0.2, 0) is 14.2 Å². The summed E-state index contributed by atoms with van der Waals surface area (Å²) in [7, 11) is 0. The van der Waals surface area contributed by atoms with E-state index in [4.69, 9.17) is 19.9 Å². The van der Waals surface area contributed by atoms with Gasteiger partial charge < -0.3 is 19.9 Å². The lowest BCUT2D eigenvalue weighted by atomic mass is 10.3. The van der Waals surface area contributed by atoms with Gasteiger partial charge in [0.25, 0.3) is 0 Å². The van der Waals surface area contributed by atoms with Gasteiger partial charge in [0.15, 0.2) is 12.5 Å². The van der Waals surface area contributed by atoms with Crippen LogP contribution in [0.5, 0.6) is 0 Å². The van der Waals surface area contributed by atoms with Crippen LogP contribution in [-0.4, -0.2) is 40.0 Å². The van der Waals surface area contributed by atoms with Crippen molar-refractivity contribution < 1.29 is 19.0 Å². The van der Waals surface area contributed by atoms with Crippen LogP contribution in [0.2, 0.25) is 0 Å². The highest BCUT2D eigenvalue weighted by Crippen LogP contribution is 2.20. The van der Waals surface area contributed by atoms with Gasteiger partial charge in [0, 0.05) is 18.6 Å². The van der Waals surface area contributed by atoms with E-state index in [-0.39, 0.29) is 19.0 Å². The molecule has 0 amide bonds. The molecule has 0 radical (unpaired) electrons. The maximum absolute atomic E-state index is 11.8. The number of hydrogen-bond acceptors (Lipinski definition) is 8. The SMILES string of the molecule is Nc1ccn(C2COC(COC(=O)c3cccnc3)O2)c(=O)n1. The van der Waals surface area contributed by atoms with Crippen molar-refractivity contribution in [2.24, 2.45) is 0 Å². The van der Waals surface area contributed by atoms with E-state index in [2.05, 4.69) is 9.97 Å². The topological polar surface area (TPSA) is 119 Å². The molecular weight excluding hydrogens is 304 g/mol. The predicted molar refractivity (Wildman–Crippen MR) is 77.3 cm³/mol. The number of nitrogen functional groups attached to an aromatic ring is 1. The second kappa shape index (κ2) is 6.55. The number of ether oxygens (including phenoxy) is 3. The van der Waals surface area contributed by atoms with Crippen molar-refractivity contribution >= 4 is 11.8 Å². The maximum atomic E-state index is 11.8. The maximum Gasteiger partial charge on any atom is 0.351 e. The fourth-order valence-electron chi connectivity index (χ4n) is 2.03. The summed E-state index contributed by atoms with van der Waals surface area (Å²) in [6, 6.07) is 4.71. The Labute approximate surface area is 130 Å². The van der Waals surface area contributed by atoms with Crippen LogP contribution in [0.1, 0.15) is 16.6 Å². The number of rotatable bonds is 4. The van der Waals surface area contributed by atoms with E-state index in [0.29, 0.717) is 5.56 Å². The molecule has 9 heteroatoms. The molecule has 0 spiro atoms. The van der Waals surface area contributed by atoms with Gasteiger partial charge in [0.1, 0.15) is 12.4 Å². The second-order valence-corrected chi connectivity index (χ2v) is 4.74. The Kier molecular flexibility index (Phi) is 4.31. The van der Waals surface area contributed by atoms with Gasteiger partial charge in [0.2, 0.25) is 0 Å². The zero-order valence-electron chi connectivity index (χ0n) is 12.0. The van der Waals surface area contributed by atoms with E-state index >= 15 is 0 Å². The minimum absolute atomic E-state index is 0.0959. The molecule has 120 valence electrons. The van der Waals surface area contributed by atoms with Crippen LogP contribution in [0.4, 0.5) is 5.82 Å². The van der Waals surface area contributed by atoms with E-state index in [9.17, 15) is 9.59 Å². The van der Waals surface area contributed by atoms with Crippen LogP contribution < -0.4 is 11.4 Å². The van der Waals surface area contributed by atoms with Crippen LogP contribution in [0.25, 0.3) is 0 Å². The quantitative estimate of drug-likeness (QED) is 0.779. The molecule has 0 bridgehead atoms. The second-order valence-electron chi connectivity index (χ2n) is 4.74. The number of nitrogens with two attached hydrogens (primary N) is 1. The van der Waals surface area contributed by atoms with Gasteiger partial charge in [-0.05, 0) is 18.2 Å². The van der Waals surface area contributed by atoms with E-state index in [1.807, 2.05) is 0 Å². The van der Waals surface area contributed by atoms with E-state index < -0.39 is 24.2 Å². The average Bonchev–Trinajstić information content (AvgIpc) is 3.02. The molecule has 3 heterocycles. The van der Waals surface area contributed by atoms with Crippen molar-refractivity contribution in [3.05, 3.63) is 52.8 Å². The molecule has 0 saturated carbocycles. The molecule has 23 heavy (non-hydrogen) atoms. The van der Waals surface area contributed by atoms with Crippen LogP contribution in [0, 0.1) is 0 Å². The lowest BCUT2D eigenvalue weighted by molar-refractivity contribution is -0.103. The molecule has 3 rings (SSSR count). The highest BCUT2D eigenvalue weighted by Gasteiger charge is 2.29. The summed E-state index contributed by atoms with van der Waals surface area (Å²) in [5.41, 5.74) is 5.23. The largest absolute Gasteiger partial charge is 0.457 e. The van der Waals surface area contributed by atoms with Crippen molar-refractivity contribution in [3.63, 3.8) is 0 Å². The summed E-state index contributed by atoms with van der Waals surface area (Å²) in [6.45, 7) is 0.0436. The average molecular weight is 318 g/mol. The zero-order chi connectivity index (χ0) is 16.2. The lowest BCUT2D eigenvalue weighted by Crippen LogP contribution is -2.29. The standard InChI is InChI=1S/C14H14N4O5/c15-10-3-5-18(14(20)17-10)11-7-21-12(23-11)8-22-13(19)9-2-1-4-16-6-9/h1-6,11-12H,7-8H2,(H2,15,17,20). The monoisotopic (exact) mass is 318 g/mol. The van der Waals surface area contributed by atoms with Gasteiger partial charge in [-0.25, -0.2) is 9.59 Å². The Morgan fingerprint density at radius 2 is 2.35 bits per heavy atom. The fourth-order valence-corrected chi connectivity index (χ4v) is 2.03. The van der Waals surface area contributed by atoms with Gasteiger partial charge in [0.05, 0.1) is 12.2 Å². The van der Waals surface area contributed by atoms with Crippen molar-refractivity contribution in [2.75, 3.05) is 18.9 Å². The summed E-state index contributed by atoms with van der Waals surface area (Å²) in [6.07, 6.45) is 3.04. The molecule has 1 aliphatic rings. The molecule has 2 unspecified atom stereocenters. The van der Waals surface area contributed by atoms with Gasteiger partial charge in [-0.1, -0.05) is 0 Å². The van der Waals surface area contributed by atoms with E-state index in [0.717, 1.165) is 0 Å². The Bertz CT molecular complexity index is 748. The smallest absolute Gasteiger partial charge is 0.351 e. The normalized spacial score (nSPS) is 20.3. The number of aromatic nitrogens is 3. The fraction of sp³-hybridized carbons (Fsp3) is 0.286. The third kappa shape index (κ3) is 3.52. The van der Waals surface area contributed by atoms with Gasteiger partial charge >= 0.3 is 11.7 Å². The molecule has 2 atom stereocenters. The highest BCUT2D eigenvalue weighted by molar-refractivity contribution is 5.88. The number of esters is 1. The number of pyridine rings is 1. The van der Waals surface area contributed by atoms with Crippen LogP contribution in [0.3, 0.4) is 0 Å². The van der Waals surface area contributed by atoms with Crippen molar-refractivity contribution in [1.29, 1.82) is 0 Å². The van der Waals surface area contributed by atoms with Gasteiger partial charge in [-0.2, -0.15) is 4.98 Å². The Morgan fingerprint density at radius 1 is 1.48 bits per heavy atom. The first kappa shape index (κ1) is 15.1. The van der Waals surface area contributed by atoms with E-state index in [1.165, 1.54) is 23.0 Å². The molecule has 0 aromatic carbocycles. The minimum atomic E-state index is -0.759. The Morgan fingerprint density at radius 3 is 3.09 bits per heavy atom. The molecule has 9 nitrogen and oxygen atoms in total. The van der Waals surface area contributed by atoms with Crippen molar-refractivity contribution in [1.82, 2.24) is 14.5 Å². The predicted octanol–water partition coefficient (Wildman–Crippen LogP) is -0.0510. The number of nitrogens with zero attached hydrogens (tertiary/aromatic N) is 3. The highest BCUT2D eigenvalue weighted by atomic mass is 16.7. The number of anilines is 1. The van der Waals surface area contributed by atoms with Gasteiger partial charge in [-0.15, -0.1) is 0 Å². The summed E-state index contributed by atoms with van der Waals surface area (Å²) in [4.78, 5) is 31.0. The summed E-state index contributed by atoms with van der Waals surface area (Å²) < 4.78 is 17.2. The number of carbonyl (C=O) groups excluding carboxylic acids is 1. The molecule has 2 aromatic rings. The number of carbonyl (C=O) groups is 1. The molecule has 1 aliphatic heterocycles. The van der Waals surface area contributed by atoms with Crippen LogP contribution in [0.15, 0.2) is 41.6 Å². The summed E-state index contributed by atoms with van der Waals surface area (Å²) in [5, 5.41) is 0. The lowest BCUT2D eigenvalue weighted by Gasteiger charge is -2.13.